The van der Waals surface area contributed by atoms with E-state index in [-0.39, 0.29) is 18.1 Å². The third kappa shape index (κ3) is 1.79. The highest BCUT2D eigenvalue weighted by molar-refractivity contribution is 7.03. The second-order valence-electron chi connectivity index (χ2n) is 5.94. The van der Waals surface area contributed by atoms with E-state index < -0.39 is 8.07 Å². The molecule has 1 aliphatic heterocycles. The first-order valence-electron chi connectivity index (χ1n) is 8.58. The molecule has 1 aliphatic rings. The van der Waals surface area contributed by atoms with Crippen LogP contribution in [0.25, 0.3) is 22.4 Å². The summed E-state index contributed by atoms with van der Waals surface area (Å²) in [6, 6.07) is 14.0. The summed E-state index contributed by atoms with van der Waals surface area (Å²) in [5.41, 5.74) is 4.01. The molecule has 0 saturated heterocycles. The zero-order valence-corrected chi connectivity index (χ0v) is 13.1. The van der Waals surface area contributed by atoms with Crippen molar-refractivity contribution in [3.05, 3.63) is 66.8 Å². The van der Waals surface area contributed by atoms with Crippen LogP contribution in [0.15, 0.2) is 66.8 Å². The van der Waals surface area contributed by atoms with Gasteiger partial charge in [-0.3, -0.25) is 4.98 Å². The molecule has 0 amide bonds. The molecule has 1 aromatic heterocycles. The van der Waals surface area contributed by atoms with Crippen LogP contribution < -0.4 is 10.4 Å². The van der Waals surface area contributed by atoms with Crippen LogP contribution in [-0.2, 0) is 0 Å². The Labute approximate surface area is 130 Å². The van der Waals surface area contributed by atoms with Gasteiger partial charge >= 0.3 is 0 Å². The summed E-state index contributed by atoms with van der Waals surface area (Å²) in [4.78, 5) is 4.59. The molecule has 0 N–H and O–H groups in total. The van der Waals surface area contributed by atoms with Gasteiger partial charge < -0.3 is 0 Å². The fourth-order valence-corrected chi connectivity index (χ4v) is 6.28. The predicted octanol–water partition coefficient (Wildman–Crippen LogP) is 3.55. The Hall–Kier alpha value is -2.19. The van der Waals surface area contributed by atoms with Crippen LogP contribution in [0.3, 0.4) is 0 Å². The number of fused-ring (bicyclic) bond motifs is 3. The Morgan fingerprint density at radius 1 is 0.905 bits per heavy atom. The highest BCUT2D eigenvalue weighted by Crippen LogP contribution is 2.29. The summed E-state index contributed by atoms with van der Waals surface area (Å²) in [5, 5.41) is 2.78. The van der Waals surface area contributed by atoms with Gasteiger partial charge in [0.05, 0.1) is 9.81 Å². The van der Waals surface area contributed by atoms with E-state index in [1.54, 1.807) is 12.1 Å². The lowest BCUT2D eigenvalue weighted by molar-refractivity contribution is 1.34. The van der Waals surface area contributed by atoms with Gasteiger partial charge in [0.2, 0.25) is 0 Å². The van der Waals surface area contributed by atoms with Crippen LogP contribution >= 0.6 is 0 Å². The van der Waals surface area contributed by atoms with E-state index in [4.69, 9.17) is 4.11 Å². The van der Waals surface area contributed by atoms with Crippen LogP contribution in [0.1, 0.15) is 4.11 Å². The first kappa shape index (κ1) is 9.69. The Bertz CT molecular complexity index is 959. The SMILES string of the molecule is [2H]c1cc(-c2cc3c(cn2)-c2ccccc2[Si]3(C)C)cc([2H])c1[2H]. The minimum absolute atomic E-state index is 0.0398. The molecule has 1 nitrogen and oxygen atoms in total. The summed E-state index contributed by atoms with van der Waals surface area (Å²) in [7, 11) is -1.75. The van der Waals surface area contributed by atoms with E-state index in [0.29, 0.717) is 0 Å². The molecule has 102 valence electrons. The van der Waals surface area contributed by atoms with Gasteiger partial charge in [-0.2, -0.15) is 0 Å². The van der Waals surface area contributed by atoms with Crippen molar-refractivity contribution in [2.45, 2.75) is 13.1 Å². The van der Waals surface area contributed by atoms with Gasteiger partial charge in [0, 0.05) is 11.8 Å². The maximum atomic E-state index is 7.86. The summed E-state index contributed by atoms with van der Waals surface area (Å²) in [6.45, 7) is 4.69. The molecule has 21 heavy (non-hydrogen) atoms. The third-order valence-corrected chi connectivity index (χ3v) is 7.91. The van der Waals surface area contributed by atoms with Crippen molar-refractivity contribution in [1.29, 1.82) is 0 Å². The molecule has 4 rings (SSSR count). The number of nitrogens with zero attached hydrogens (tertiary/aromatic N) is 1. The number of aromatic nitrogens is 1. The normalized spacial score (nSPS) is 16.6. The average molecular weight is 290 g/mol. The maximum absolute atomic E-state index is 7.86. The number of hydrogen-bond acceptors (Lipinski definition) is 1. The molecular formula is C19H17NSi. The zero-order chi connectivity index (χ0) is 17.1. The maximum Gasteiger partial charge on any atom is 0.114 e. The highest BCUT2D eigenvalue weighted by atomic mass is 28.3. The molecule has 0 saturated carbocycles. The van der Waals surface area contributed by atoms with Crippen molar-refractivity contribution >= 4 is 18.4 Å². The molecule has 0 radical (unpaired) electrons. The van der Waals surface area contributed by atoms with E-state index in [0.717, 1.165) is 11.3 Å². The van der Waals surface area contributed by atoms with Crippen molar-refractivity contribution in [2.75, 3.05) is 0 Å². The number of rotatable bonds is 1. The van der Waals surface area contributed by atoms with Crippen molar-refractivity contribution in [2.24, 2.45) is 0 Å². The molecule has 0 unspecified atom stereocenters. The third-order valence-electron chi connectivity index (χ3n) is 4.36. The van der Waals surface area contributed by atoms with E-state index in [2.05, 4.69) is 48.4 Å². The lowest BCUT2D eigenvalue weighted by atomic mass is 10.1. The van der Waals surface area contributed by atoms with Crippen LogP contribution in [0.5, 0.6) is 0 Å². The van der Waals surface area contributed by atoms with Gasteiger partial charge in [0.25, 0.3) is 0 Å². The second-order valence-corrected chi connectivity index (χ2v) is 10.3. The molecule has 3 aromatic rings. The van der Waals surface area contributed by atoms with Crippen LogP contribution in [0.2, 0.25) is 13.1 Å². The topological polar surface area (TPSA) is 12.9 Å². The number of pyridine rings is 1. The van der Waals surface area contributed by atoms with Crippen LogP contribution in [-0.4, -0.2) is 13.1 Å². The van der Waals surface area contributed by atoms with E-state index >= 15 is 0 Å². The summed E-state index contributed by atoms with van der Waals surface area (Å²) >= 11 is 0. The standard InChI is InChI=1S/C19H17NSi/c1-21(2)18-11-7-6-10-15(18)16-13-20-17(12-19(16)21)14-8-4-3-5-9-14/h3-13H,1-2H3/i3D,4D,5D. The van der Waals surface area contributed by atoms with E-state index in [1.807, 2.05) is 6.20 Å². The van der Waals surface area contributed by atoms with Crippen molar-refractivity contribution < 1.29 is 4.11 Å². The average Bonchev–Trinajstić information content (AvgIpc) is 2.80. The van der Waals surface area contributed by atoms with Crippen molar-refractivity contribution in [3.8, 4) is 22.4 Å². The fourth-order valence-electron chi connectivity index (χ4n) is 3.21. The summed E-state index contributed by atoms with van der Waals surface area (Å²) in [5.74, 6) is 0. The molecule has 0 bridgehead atoms. The van der Waals surface area contributed by atoms with Gasteiger partial charge in [-0.25, -0.2) is 0 Å². The number of hydrogen-bond donors (Lipinski definition) is 0. The molecule has 2 heterocycles. The van der Waals surface area contributed by atoms with Crippen LogP contribution in [0, 0.1) is 0 Å². The largest absolute Gasteiger partial charge is 0.256 e. The molecule has 0 spiro atoms. The molecule has 0 atom stereocenters. The molecule has 0 fully saturated rings. The van der Waals surface area contributed by atoms with Gasteiger partial charge in [-0.1, -0.05) is 67.6 Å². The molecule has 2 aromatic carbocycles. The van der Waals surface area contributed by atoms with Crippen molar-refractivity contribution in [1.82, 2.24) is 4.98 Å². The molecule has 2 heteroatoms. The van der Waals surface area contributed by atoms with Crippen LogP contribution in [0.4, 0.5) is 0 Å². The monoisotopic (exact) mass is 290 g/mol. The Morgan fingerprint density at radius 2 is 1.67 bits per heavy atom. The molecular weight excluding hydrogens is 270 g/mol. The minimum Gasteiger partial charge on any atom is -0.256 e. The number of benzene rings is 2. The predicted molar refractivity (Wildman–Crippen MR) is 91.9 cm³/mol. The smallest absolute Gasteiger partial charge is 0.114 e. The van der Waals surface area contributed by atoms with Gasteiger partial charge in [-0.15, -0.1) is 0 Å². The van der Waals surface area contributed by atoms with Gasteiger partial charge in [-0.05, 0) is 27.6 Å². The van der Waals surface area contributed by atoms with E-state index in [9.17, 15) is 0 Å². The first-order valence-corrected chi connectivity index (χ1v) is 10.1. The fraction of sp³-hybridized carbons (Fsp3) is 0.105. The highest BCUT2D eigenvalue weighted by Gasteiger charge is 2.37. The summed E-state index contributed by atoms with van der Waals surface area (Å²) < 4.78 is 23.4. The quantitative estimate of drug-likeness (QED) is 0.625. The van der Waals surface area contributed by atoms with Gasteiger partial charge in [0.15, 0.2) is 0 Å². The van der Waals surface area contributed by atoms with Crippen molar-refractivity contribution in [3.63, 3.8) is 0 Å². The summed E-state index contributed by atoms with van der Waals surface area (Å²) in [6.07, 6.45) is 1.92. The second kappa shape index (κ2) is 4.40. The Balaban J connectivity index is 1.91. The van der Waals surface area contributed by atoms with E-state index in [1.165, 1.54) is 21.5 Å². The Kier molecular flexibility index (Phi) is 2.03. The van der Waals surface area contributed by atoms with Gasteiger partial charge in [0.1, 0.15) is 8.07 Å². The first-order chi connectivity index (χ1) is 11.4. The molecule has 0 aliphatic carbocycles. The Morgan fingerprint density at radius 3 is 2.48 bits per heavy atom. The lowest BCUT2D eigenvalue weighted by Gasteiger charge is -2.19. The minimum atomic E-state index is -1.75. The zero-order valence-electron chi connectivity index (χ0n) is 15.1. The lowest BCUT2D eigenvalue weighted by Crippen LogP contribution is -2.49.